The number of nitrogens with zero attached hydrogens (tertiary/aromatic N) is 5. The first-order chi connectivity index (χ1) is 12.0. The molecule has 0 saturated heterocycles. The van der Waals surface area contributed by atoms with Crippen LogP contribution in [0.2, 0.25) is 0 Å². The first-order valence-corrected chi connectivity index (χ1v) is 9.71. The molecule has 0 aliphatic heterocycles. The van der Waals surface area contributed by atoms with Gasteiger partial charge in [-0.15, -0.1) is 10.2 Å². The highest BCUT2D eigenvalue weighted by molar-refractivity contribution is 7.99. The zero-order valence-electron chi connectivity index (χ0n) is 15.6. The van der Waals surface area contributed by atoms with Crippen LogP contribution in [0.4, 0.5) is 0 Å². The largest absolute Gasteiger partial charge is 0.337 e. The molecule has 7 heteroatoms. The van der Waals surface area contributed by atoms with Crippen LogP contribution in [0, 0.1) is 0 Å². The lowest BCUT2D eigenvalue weighted by molar-refractivity contribution is -0.131. The SMILES string of the molecule is CCCn1c(SCC(=O)N(C(C)C)C(C)C)nnc1-c1ccncc1. The number of carbonyl (C=O) groups excluding carboxylic acids is 1. The van der Waals surface area contributed by atoms with Crippen molar-refractivity contribution in [2.45, 2.75) is 64.8 Å². The standard InChI is InChI=1S/C18H27N5OS/c1-6-11-22-17(15-7-9-19-10-8-15)20-21-18(22)25-12-16(24)23(13(2)3)14(4)5/h7-10,13-14H,6,11-12H2,1-5H3. The van der Waals surface area contributed by atoms with E-state index in [2.05, 4.69) is 26.7 Å². The van der Waals surface area contributed by atoms with E-state index in [9.17, 15) is 4.79 Å². The fourth-order valence-corrected chi connectivity index (χ4v) is 3.74. The average molecular weight is 362 g/mol. The van der Waals surface area contributed by atoms with Crippen LogP contribution in [0.15, 0.2) is 29.7 Å². The van der Waals surface area contributed by atoms with Gasteiger partial charge < -0.3 is 9.47 Å². The molecule has 0 radical (unpaired) electrons. The Morgan fingerprint density at radius 3 is 2.36 bits per heavy atom. The first-order valence-electron chi connectivity index (χ1n) is 8.73. The molecule has 0 unspecified atom stereocenters. The molecule has 0 spiro atoms. The number of aromatic nitrogens is 4. The third kappa shape index (κ3) is 4.81. The first kappa shape index (κ1) is 19.4. The van der Waals surface area contributed by atoms with Crippen LogP contribution in [0.25, 0.3) is 11.4 Å². The molecular formula is C18H27N5OS. The van der Waals surface area contributed by atoms with Crippen molar-refractivity contribution in [1.82, 2.24) is 24.6 Å². The normalized spacial score (nSPS) is 11.3. The highest BCUT2D eigenvalue weighted by Crippen LogP contribution is 2.24. The van der Waals surface area contributed by atoms with Gasteiger partial charge in [0.05, 0.1) is 5.75 Å². The van der Waals surface area contributed by atoms with Crippen molar-refractivity contribution in [2.75, 3.05) is 5.75 Å². The quantitative estimate of drug-likeness (QED) is 0.674. The van der Waals surface area contributed by atoms with E-state index in [1.54, 1.807) is 12.4 Å². The number of hydrogen-bond donors (Lipinski definition) is 0. The number of rotatable bonds is 8. The summed E-state index contributed by atoms with van der Waals surface area (Å²) < 4.78 is 2.09. The van der Waals surface area contributed by atoms with Gasteiger partial charge in [0.2, 0.25) is 5.91 Å². The molecule has 2 rings (SSSR count). The van der Waals surface area contributed by atoms with Crippen molar-refractivity contribution in [3.05, 3.63) is 24.5 Å². The summed E-state index contributed by atoms with van der Waals surface area (Å²) in [4.78, 5) is 18.6. The van der Waals surface area contributed by atoms with Crippen molar-refractivity contribution >= 4 is 17.7 Å². The minimum Gasteiger partial charge on any atom is -0.337 e. The zero-order chi connectivity index (χ0) is 18.4. The van der Waals surface area contributed by atoms with Gasteiger partial charge in [0, 0.05) is 36.6 Å². The fourth-order valence-electron chi connectivity index (χ4n) is 2.91. The van der Waals surface area contributed by atoms with Crippen molar-refractivity contribution in [3.63, 3.8) is 0 Å². The minimum absolute atomic E-state index is 0.131. The maximum atomic E-state index is 12.6. The molecule has 0 bridgehead atoms. The van der Waals surface area contributed by atoms with E-state index in [4.69, 9.17) is 0 Å². The summed E-state index contributed by atoms with van der Waals surface area (Å²) in [6.07, 6.45) is 4.47. The summed E-state index contributed by atoms with van der Waals surface area (Å²) >= 11 is 1.46. The number of amides is 1. The molecule has 2 aromatic rings. The molecule has 2 heterocycles. The van der Waals surface area contributed by atoms with Crippen LogP contribution in [0.1, 0.15) is 41.0 Å². The molecule has 25 heavy (non-hydrogen) atoms. The molecule has 6 nitrogen and oxygen atoms in total. The second kappa shape index (κ2) is 8.99. The van der Waals surface area contributed by atoms with E-state index in [-0.39, 0.29) is 18.0 Å². The molecule has 0 aliphatic carbocycles. The molecule has 0 atom stereocenters. The second-order valence-electron chi connectivity index (χ2n) is 6.47. The Morgan fingerprint density at radius 2 is 1.80 bits per heavy atom. The van der Waals surface area contributed by atoms with Crippen LogP contribution >= 0.6 is 11.8 Å². The summed E-state index contributed by atoms with van der Waals surface area (Å²) in [5.41, 5.74) is 0.986. The van der Waals surface area contributed by atoms with Gasteiger partial charge in [0.25, 0.3) is 0 Å². The van der Waals surface area contributed by atoms with Crippen LogP contribution in [0.3, 0.4) is 0 Å². The Bertz CT molecular complexity index is 676. The number of carbonyl (C=O) groups is 1. The summed E-state index contributed by atoms with van der Waals surface area (Å²) in [7, 11) is 0. The van der Waals surface area contributed by atoms with Gasteiger partial charge in [-0.05, 0) is 46.2 Å². The summed E-state index contributed by atoms with van der Waals surface area (Å²) in [6.45, 7) is 11.1. The topological polar surface area (TPSA) is 63.9 Å². The molecule has 2 aromatic heterocycles. The molecule has 0 aliphatic rings. The third-order valence-corrected chi connectivity index (χ3v) is 4.78. The molecule has 0 aromatic carbocycles. The lowest BCUT2D eigenvalue weighted by Gasteiger charge is -2.30. The van der Waals surface area contributed by atoms with Crippen molar-refractivity contribution in [1.29, 1.82) is 0 Å². The van der Waals surface area contributed by atoms with Gasteiger partial charge in [-0.3, -0.25) is 9.78 Å². The summed E-state index contributed by atoms with van der Waals surface area (Å²) in [5.74, 6) is 1.32. The Labute approximate surface area is 154 Å². The molecular weight excluding hydrogens is 334 g/mol. The minimum atomic E-state index is 0.131. The van der Waals surface area contributed by atoms with Gasteiger partial charge in [-0.2, -0.15) is 0 Å². The number of hydrogen-bond acceptors (Lipinski definition) is 5. The molecule has 136 valence electrons. The van der Waals surface area contributed by atoms with E-state index in [1.165, 1.54) is 11.8 Å². The maximum Gasteiger partial charge on any atom is 0.233 e. The third-order valence-electron chi connectivity index (χ3n) is 3.83. The Hall–Kier alpha value is -1.89. The van der Waals surface area contributed by atoms with Gasteiger partial charge in [-0.1, -0.05) is 18.7 Å². The van der Waals surface area contributed by atoms with Crippen LogP contribution in [-0.2, 0) is 11.3 Å². The van der Waals surface area contributed by atoms with Crippen LogP contribution < -0.4 is 0 Å². The predicted molar refractivity (Wildman–Crippen MR) is 101 cm³/mol. The predicted octanol–water partition coefficient (Wildman–Crippen LogP) is 3.49. The number of thioether (sulfide) groups is 1. The molecule has 1 amide bonds. The fraction of sp³-hybridized carbons (Fsp3) is 0.556. The average Bonchev–Trinajstić information content (AvgIpc) is 2.96. The van der Waals surface area contributed by atoms with Gasteiger partial charge in [0.1, 0.15) is 0 Å². The highest BCUT2D eigenvalue weighted by atomic mass is 32.2. The van der Waals surface area contributed by atoms with E-state index < -0.39 is 0 Å². The molecule has 0 N–H and O–H groups in total. The lowest BCUT2D eigenvalue weighted by atomic mass is 10.2. The van der Waals surface area contributed by atoms with Crippen LogP contribution in [0.5, 0.6) is 0 Å². The smallest absolute Gasteiger partial charge is 0.233 e. The maximum absolute atomic E-state index is 12.6. The molecule has 0 saturated carbocycles. The monoisotopic (exact) mass is 361 g/mol. The highest BCUT2D eigenvalue weighted by Gasteiger charge is 2.21. The number of pyridine rings is 1. The van der Waals surface area contributed by atoms with Crippen molar-refractivity contribution < 1.29 is 4.79 Å². The summed E-state index contributed by atoms with van der Waals surface area (Å²) in [6, 6.07) is 4.23. The Morgan fingerprint density at radius 1 is 1.16 bits per heavy atom. The lowest BCUT2D eigenvalue weighted by Crippen LogP contribution is -2.43. The van der Waals surface area contributed by atoms with E-state index in [0.717, 1.165) is 29.5 Å². The summed E-state index contributed by atoms with van der Waals surface area (Å²) in [5, 5.41) is 9.44. The Balaban J connectivity index is 2.17. The van der Waals surface area contributed by atoms with E-state index in [1.807, 2.05) is 44.7 Å². The molecule has 0 fully saturated rings. The van der Waals surface area contributed by atoms with Crippen molar-refractivity contribution in [2.24, 2.45) is 0 Å². The van der Waals surface area contributed by atoms with Gasteiger partial charge in [0.15, 0.2) is 11.0 Å². The Kier molecular flexibility index (Phi) is 6.99. The van der Waals surface area contributed by atoms with Gasteiger partial charge in [-0.25, -0.2) is 0 Å². The zero-order valence-corrected chi connectivity index (χ0v) is 16.5. The van der Waals surface area contributed by atoms with E-state index in [0.29, 0.717) is 5.75 Å². The van der Waals surface area contributed by atoms with Crippen molar-refractivity contribution in [3.8, 4) is 11.4 Å². The van der Waals surface area contributed by atoms with E-state index >= 15 is 0 Å². The second-order valence-corrected chi connectivity index (χ2v) is 7.41. The van der Waals surface area contributed by atoms with Gasteiger partial charge >= 0.3 is 0 Å². The van der Waals surface area contributed by atoms with Crippen LogP contribution in [-0.4, -0.2) is 48.4 Å².